The minimum absolute atomic E-state index is 0.121. The summed E-state index contributed by atoms with van der Waals surface area (Å²) < 4.78 is 0. The summed E-state index contributed by atoms with van der Waals surface area (Å²) in [6.07, 6.45) is 2.61. The largest absolute Gasteiger partial charge is 0.481 e. The Morgan fingerprint density at radius 1 is 1.36 bits per heavy atom. The number of rotatable bonds is 3. The Kier molecular flexibility index (Phi) is 4.30. The molecule has 0 spiro atoms. The van der Waals surface area contributed by atoms with Crippen LogP contribution in [0, 0.1) is 18.3 Å². The first-order chi connectivity index (χ1) is 11.8. The van der Waals surface area contributed by atoms with Gasteiger partial charge in [0.2, 0.25) is 5.95 Å². The van der Waals surface area contributed by atoms with Crippen LogP contribution in [-0.2, 0) is 11.2 Å². The van der Waals surface area contributed by atoms with Crippen molar-refractivity contribution in [2.75, 3.05) is 45.2 Å². The molecule has 0 aromatic carbocycles. The highest BCUT2D eigenvalue weighted by Gasteiger charge is 2.59. The maximum atomic E-state index is 12.2. The minimum Gasteiger partial charge on any atom is -0.481 e. The Hall–Kier alpha value is -2.38. The van der Waals surface area contributed by atoms with Crippen LogP contribution in [0.25, 0.3) is 0 Å². The number of carboxylic acid groups (broad SMARTS) is 1. The van der Waals surface area contributed by atoms with Crippen molar-refractivity contribution in [3.05, 3.63) is 17.5 Å². The number of carbonyl (C=O) groups excluding carboxylic acids is 1. The molecule has 0 unspecified atom stereocenters. The number of amides is 2. The second-order valence-corrected chi connectivity index (χ2v) is 7.25. The highest BCUT2D eigenvalue weighted by molar-refractivity contribution is 5.81. The fraction of sp³-hybridized carbons (Fsp3) is 0.647. The van der Waals surface area contributed by atoms with Gasteiger partial charge in [-0.15, -0.1) is 0 Å². The third kappa shape index (κ3) is 2.79. The first-order valence-electron chi connectivity index (χ1n) is 8.55. The van der Waals surface area contributed by atoms with Crippen molar-refractivity contribution in [2.45, 2.75) is 20.3 Å². The van der Waals surface area contributed by atoms with Gasteiger partial charge in [-0.3, -0.25) is 4.79 Å². The van der Waals surface area contributed by atoms with E-state index in [0.29, 0.717) is 25.6 Å². The predicted molar refractivity (Wildman–Crippen MR) is 92.6 cm³/mol. The predicted octanol–water partition coefficient (Wildman–Crippen LogP) is 0.852. The fourth-order valence-corrected chi connectivity index (χ4v) is 3.93. The maximum Gasteiger partial charge on any atom is 0.319 e. The van der Waals surface area contributed by atoms with E-state index in [-0.39, 0.29) is 18.5 Å². The van der Waals surface area contributed by atoms with Gasteiger partial charge in [-0.1, -0.05) is 6.92 Å². The van der Waals surface area contributed by atoms with Crippen molar-refractivity contribution in [3.63, 3.8) is 0 Å². The summed E-state index contributed by atoms with van der Waals surface area (Å²) in [4.78, 5) is 38.4. The number of urea groups is 1. The molecular formula is C17H25N5O3. The summed E-state index contributed by atoms with van der Waals surface area (Å²) >= 11 is 0. The summed E-state index contributed by atoms with van der Waals surface area (Å²) in [5.74, 6) is -0.385. The zero-order valence-corrected chi connectivity index (χ0v) is 15.2. The maximum absolute atomic E-state index is 12.2. The number of carbonyl (C=O) groups is 2. The number of hydrogen-bond acceptors (Lipinski definition) is 5. The highest BCUT2D eigenvalue weighted by atomic mass is 16.4. The third-order valence-corrected chi connectivity index (χ3v) is 5.37. The fourth-order valence-electron chi connectivity index (χ4n) is 3.93. The number of aryl methyl sites for hydroxylation is 2. The van der Waals surface area contributed by atoms with E-state index in [2.05, 4.69) is 9.97 Å². The van der Waals surface area contributed by atoms with Gasteiger partial charge in [-0.2, -0.15) is 0 Å². The smallest absolute Gasteiger partial charge is 0.319 e. The normalized spacial score (nSPS) is 25.2. The molecule has 2 aliphatic heterocycles. The topological polar surface area (TPSA) is 89.9 Å². The van der Waals surface area contributed by atoms with Crippen molar-refractivity contribution in [1.82, 2.24) is 19.8 Å². The van der Waals surface area contributed by atoms with Gasteiger partial charge in [0, 0.05) is 58.1 Å². The number of anilines is 1. The monoisotopic (exact) mass is 347 g/mol. The van der Waals surface area contributed by atoms with Gasteiger partial charge in [-0.25, -0.2) is 14.8 Å². The van der Waals surface area contributed by atoms with Gasteiger partial charge >= 0.3 is 12.0 Å². The number of aliphatic carboxylic acids is 1. The lowest BCUT2D eigenvalue weighted by molar-refractivity contribution is -0.148. The lowest BCUT2D eigenvalue weighted by atomic mass is 9.81. The second kappa shape index (κ2) is 6.16. The zero-order valence-electron chi connectivity index (χ0n) is 15.2. The van der Waals surface area contributed by atoms with E-state index in [1.807, 2.05) is 18.7 Å². The van der Waals surface area contributed by atoms with Crippen molar-refractivity contribution < 1.29 is 14.7 Å². The molecule has 8 nitrogen and oxygen atoms in total. The molecule has 0 aliphatic carbocycles. The number of hydrogen-bond donors (Lipinski definition) is 1. The van der Waals surface area contributed by atoms with E-state index in [1.165, 1.54) is 4.90 Å². The van der Waals surface area contributed by atoms with Gasteiger partial charge in [-0.05, 0) is 18.9 Å². The number of nitrogens with zero attached hydrogens (tertiary/aromatic N) is 5. The Bertz CT molecular complexity index is 708. The van der Waals surface area contributed by atoms with Crippen LogP contribution in [0.15, 0.2) is 6.20 Å². The van der Waals surface area contributed by atoms with Crippen LogP contribution in [0.5, 0.6) is 0 Å². The second-order valence-electron chi connectivity index (χ2n) is 7.25. The van der Waals surface area contributed by atoms with Crippen LogP contribution in [-0.4, -0.2) is 77.1 Å². The van der Waals surface area contributed by atoms with Gasteiger partial charge in [0.1, 0.15) is 5.41 Å². The average molecular weight is 347 g/mol. The van der Waals surface area contributed by atoms with E-state index in [4.69, 9.17) is 0 Å². The molecule has 3 rings (SSSR count). The first-order valence-corrected chi connectivity index (χ1v) is 8.55. The molecule has 1 aromatic rings. The molecule has 1 N–H and O–H groups in total. The van der Waals surface area contributed by atoms with Gasteiger partial charge in [0.25, 0.3) is 0 Å². The molecule has 8 heteroatoms. The van der Waals surface area contributed by atoms with Crippen LogP contribution in [0.3, 0.4) is 0 Å². The summed E-state index contributed by atoms with van der Waals surface area (Å²) in [7, 11) is 3.37. The van der Waals surface area contributed by atoms with Crippen molar-refractivity contribution >= 4 is 17.9 Å². The molecule has 3 heterocycles. The number of carboxylic acids is 1. The molecule has 1 aromatic heterocycles. The molecule has 2 fully saturated rings. The third-order valence-electron chi connectivity index (χ3n) is 5.37. The molecule has 0 saturated carbocycles. The first kappa shape index (κ1) is 17.4. The zero-order chi connectivity index (χ0) is 18.4. The molecule has 0 bridgehead atoms. The number of fused-ring (bicyclic) bond motifs is 1. The summed E-state index contributed by atoms with van der Waals surface area (Å²) in [5, 5.41) is 9.90. The molecule has 25 heavy (non-hydrogen) atoms. The van der Waals surface area contributed by atoms with E-state index in [0.717, 1.165) is 17.7 Å². The SMILES string of the molecule is CCc1nc(N2C[C@@H]3CN(C(=O)N(C)C)C[C@]3(C(=O)O)C2)ncc1C. The molecule has 2 atom stereocenters. The molecular weight excluding hydrogens is 322 g/mol. The van der Waals surface area contributed by atoms with Crippen LogP contribution in [0.1, 0.15) is 18.2 Å². The van der Waals surface area contributed by atoms with Crippen molar-refractivity contribution in [2.24, 2.45) is 11.3 Å². The lowest BCUT2D eigenvalue weighted by Crippen LogP contribution is -2.44. The van der Waals surface area contributed by atoms with E-state index >= 15 is 0 Å². The quantitative estimate of drug-likeness (QED) is 0.872. The standard InChI is InChI=1S/C17H25N5O3/c1-5-13-11(2)6-18-15(19-13)21-7-12-8-22(16(25)20(3)4)10-17(12,9-21)14(23)24/h6,12H,5,7-10H2,1-4H3,(H,23,24)/t12-,17-/m1/s1. The number of aromatic nitrogens is 2. The van der Waals surface area contributed by atoms with E-state index in [9.17, 15) is 14.7 Å². The Labute approximate surface area is 147 Å². The Morgan fingerprint density at radius 2 is 2.08 bits per heavy atom. The van der Waals surface area contributed by atoms with Crippen LogP contribution in [0.2, 0.25) is 0 Å². The van der Waals surface area contributed by atoms with Crippen LogP contribution in [0.4, 0.5) is 10.7 Å². The molecule has 2 aliphatic rings. The van der Waals surface area contributed by atoms with Gasteiger partial charge in [0.15, 0.2) is 0 Å². The number of likely N-dealkylation sites (tertiary alicyclic amines) is 1. The molecule has 136 valence electrons. The van der Waals surface area contributed by atoms with E-state index < -0.39 is 11.4 Å². The highest BCUT2D eigenvalue weighted by Crippen LogP contribution is 2.43. The average Bonchev–Trinajstić information content (AvgIpc) is 3.09. The Morgan fingerprint density at radius 3 is 2.64 bits per heavy atom. The molecule has 2 saturated heterocycles. The summed E-state index contributed by atoms with van der Waals surface area (Å²) in [5.41, 5.74) is 1.07. The van der Waals surface area contributed by atoms with Crippen molar-refractivity contribution in [1.29, 1.82) is 0 Å². The van der Waals surface area contributed by atoms with Gasteiger partial charge in [0.05, 0.1) is 0 Å². The summed E-state index contributed by atoms with van der Waals surface area (Å²) in [6.45, 7) is 5.58. The van der Waals surface area contributed by atoms with Crippen LogP contribution < -0.4 is 4.90 Å². The molecule has 0 radical (unpaired) electrons. The van der Waals surface area contributed by atoms with Crippen molar-refractivity contribution in [3.8, 4) is 0 Å². The Balaban J connectivity index is 1.85. The van der Waals surface area contributed by atoms with Gasteiger partial charge < -0.3 is 19.8 Å². The molecule has 2 amide bonds. The lowest BCUT2D eigenvalue weighted by Gasteiger charge is -2.27. The summed E-state index contributed by atoms with van der Waals surface area (Å²) in [6, 6.07) is -0.138. The minimum atomic E-state index is -0.952. The van der Waals surface area contributed by atoms with E-state index in [1.54, 1.807) is 25.2 Å². The van der Waals surface area contributed by atoms with Crippen LogP contribution >= 0.6 is 0 Å².